The van der Waals surface area contributed by atoms with Gasteiger partial charge in [-0.15, -0.1) is 11.8 Å². The zero-order chi connectivity index (χ0) is 24.3. The van der Waals surface area contributed by atoms with Crippen LogP contribution in [0.15, 0.2) is 53.4 Å². The summed E-state index contributed by atoms with van der Waals surface area (Å²) in [6, 6.07) is 13.0. The van der Waals surface area contributed by atoms with E-state index in [0.29, 0.717) is 11.3 Å². The molecule has 1 saturated heterocycles. The van der Waals surface area contributed by atoms with E-state index < -0.39 is 17.6 Å². The normalized spacial score (nSPS) is 16.1. The predicted octanol–water partition coefficient (Wildman–Crippen LogP) is 5.71. The van der Waals surface area contributed by atoms with Gasteiger partial charge in [-0.25, -0.2) is 4.68 Å². The number of nitrogens with one attached hydrogen (secondary N) is 1. The third kappa shape index (κ3) is 5.64. The van der Waals surface area contributed by atoms with Crippen LogP contribution in [0.2, 0.25) is 0 Å². The van der Waals surface area contributed by atoms with E-state index in [1.165, 1.54) is 22.5 Å². The standard InChI is InChI=1S/C25H26F3N3O2S/c1-16-12-17(2)31(30-16)19-10-9-18(22(13-19)25(26,27)28)14-29-24(32)21-7-3-4-8-23(21)34-15-20-6-5-11-33-20/h3-4,7-10,12-13,20H,5-6,11,14-15H2,1-2H3,(H,29,32). The first-order chi connectivity index (χ1) is 16.2. The van der Waals surface area contributed by atoms with Crippen LogP contribution in [-0.2, 0) is 17.5 Å². The number of nitrogens with zero attached hydrogens (tertiary/aromatic N) is 2. The monoisotopic (exact) mass is 489 g/mol. The van der Waals surface area contributed by atoms with Gasteiger partial charge < -0.3 is 10.1 Å². The lowest BCUT2D eigenvalue weighted by molar-refractivity contribution is -0.138. The number of amides is 1. The van der Waals surface area contributed by atoms with Gasteiger partial charge in [0, 0.05) is 29.5 Å². The van der Waals surface area contributed by atoms with E-state index >= 15 is 0 Å². The summed E-state index contributed by atoms with van der Waals surface area (Å²) in [5.74, 6) is 0.321. The smallest absolute Gasteiger partial charge is 0.377 e. The Bertz CT molecular complexity index is 1170. The van der Waals surface area contributed by atoms with Crippen LogP contribution in [-0.4, -0.2) is 34.2 Å². The summed E-state index contributed by atoms with van der Waals surface area (Å²) in [5, 5.41) is 6.94. The summed E-state index contributed by atoms with van der Waals surface area (Å²) in [6.07, 6.45) is -2.37. The molecule has 0 spiro atoms. The van der Waals surface area contributed by atoms with Gasteiger partial charge in [-0.1, -0.05) is 18.2 Å². The average molecular weight is 490 g/mol. The number of ether oxygens (including phenoxy) is 1. The molecule has 4 rings (SSSR count). The summed E-state index contributed by atoms with van der Waals surface area (Å²) in [5.41, 5.74) is 1.43. The highest BCUT2D eigenvalue weighted by molar-refractivity contribution is 7.99. The number of rotatable bonds is 7. The maximum absolute atomic E-state index is 13.9. The lowest BCUT2D eigenvalue weighted by Crippen LogP contribution is -2.25. The fourth-order valence-corrected chi connectivity index (χ4v) is 5.13. The number of carbonyl (C=O) groups excluding carboxylic acids is 1. The van der Waals surface area contributed by atoms with Crippen molar-refractivity contribution in [3.8, 4) is 5.69 Å². The molecule has 1 amide bonds. The molecule has 1 aliphatic rings. The molecule has 0 aliphatic carbocycles. The highest BCUT2D eigenvalue weighted by Crippen LogP contribution is 2.34. The number of carbonyl (C=O) groups is 1. The third-order valence-corrected chi connectivity index (χ3v) is 6.88. The second-order valence-corrected chi connectivity index (χ2v) is 9.36. The Kier molecular flexibility index (Phi) is 7.33. The molecule has 180 valence electrons. The molecule has 9 heteroatoms. The van der Waals surface area contributed by atoms with Crippen molar-refractivity contribution in [2.45, 2.75) is 50.4 Å². The Morgan fingerprint density at radius 2 is 2.00 bits per heavy atom. The maximum Gasteiger partial charge on any atom is 0.416 e. The molecule has 0 radical (unpaired) electrons. The molecule has 2 heterocycles. The van der Waals surface area contributed by atoms with Gasteiger partial charge in [-0.3, -0.25) is 4.79 Å². The van der Waals surface area contributed by atoms with Crippen LogP contribution in [0.3, 0.4) is 0 Å². The predicted molar refractivity (Wildman–Crippen MR) is 125 cm³/mol. The van der Waals surface area contributed by atoms with E-state index in [2.05, 4.69) is 10.4 Å². The van der Waals surface area contributed by atoms with Gasteiger partial charge in [0.1, 0.15) is 0 Å². The molecule has 1 atom stereocenters. The van der Waals surface area contributed by atoms with Crippen LogP contribution < -0.4 is 5.32 Å². The van der Waals surface area contributed by atoms with E-state index in [-0.39, 0.29) is 18.2 Å². The van der Waals surface area contributed by atoms with Gasteiger partial charge in [0.2, 0.25) is 0 Å². The molecule has 1 N–H and O–H groups in total. The summed E-state index contributed by atoms with van der Waals surface area (Å²) >= 11 is 1.53. The van der Waals surface area contributed by atoms with E-state index in [4.69, 9.17) is 4.74 Å². The van der Waals surface area contributed by atoms with Crippen LogP contribution in [0.5, 0.6) is 0 Å². The number of alkyl halides is 3. The fourth-order valence-electron chi connectivity index (χ4n) is 4.01. The van der Waals surface area contributed by atoms with E-state index in [1.807, 2.05) is 12.1 Å². The zero-order valence-corrected chi connectivity index (χ0v) is 19.8. The Labute approximate surface area is 200 Å². The Balaban J connectivity index is 1.51. The number of aryl methyl sites for hydroxylation is 2. The highest BCUT2D eigenvalue weighted by Gasteiger charge is 2.34. The molecule has 1 unspecified atom stereocenters. The Morgan fingerprint density at radius 3 is 2.68 bits per heavy atom. The van der Waals surface area contributed by atoms with Crippen LogP contribution >= 0.6 is 11.8 Å². The quantitative estimate of drug-likeness (QED) is 0.432. The van der Waals surface area contributed by atoms with Crippen molar-refractivity contribution in [1.82, 2.24) is 15.1 Å². The minimum atomic E-state index is -4.57. The van der Waals surface area contributed by atoms with Crippen LogP contribution in [0.4, 0.5) is 13.2 Å². The van der Waals surface area contributed by atoms with Crippen molar-refractivity contribution in [2.75, 3.05) is 12.4 Å². The van der Waals surface area contributed by atoms with Crippen molar-refractivity contribution in [3.05, 3.63) is 76.6 Å². The van der Waals surface area contributed by atoms with Gasteiger partial charge in [0.05, 0.1) is 28.6 Å². The first-order valence-electron chi connectivity index (χ1n) is 11.1. The number of hydrogen-bond acceptors (Lipinski definition) is 4. The van der Waals surface area contributed by atoms with Crippen molar-refractivity contribution in [1.29, 1.82) is 0 Å². The van der Waals surface area contributed by atoms with Crippen LogP contribution in [0.1, 0.15) is 45.7 Å². The second kappa shape index (κ2) is 10.2. The molecule has 2 aromatic carbocycles. The SMILES string of the molecule is Cc1cc(C)n(-c2ccc(CNC(=O)c3ccccc3SCC3CCCO3)c(C(F)(F)F)c2)n1. The number of benzene rings is 2. The van der Waals surface area contributed by atoms with Crippen molar-refractivity contribution < 1.29 is 22.7 Å². The Morgan fingerprint density at radius 1 is 1.21 bits per heavy atom. The number of aromatic nitrogens is 2. The third-order valence-electron chi connectivity index (χ3n) is 5.67. The first-order valence-corrected chi connectivity index (χ1v) is 12.1. The number of halogens is 3. The fraction of sp³-hybridized carbons (Fsp3) is 0.360. The van der Waals surface area contributed by atoms with Gasteiger partial charge in [-0.2, -0.15) is 18.3 Å². The highest BCUT2D eigenvalue weighted by atomic mass is 32.2. The van der Waals surface area contributed by atoms with Gasteiger partial charge in [0.15, 0.2) is 0 Å². The lowest BCUT2D eigenvalue weighted by Gasteiger charge is -2.16. The zero-order valence-electron chi connectivity index (χ0n) is 19.0. The summed E-state index contributed by atoms with van der Waals surface area (Å²) in [6.45, 7) is 4.09. The molecular formula is C25H26F3N3O2S. The van der Waals surface area contributed by atoms with Gasteiger partial charge in [-0.05, 0) is 62.6 Å². The number of thioether (sulfide) groups is 1. The molecule has 1 aliphatic heterocycles. The van der Waals surface area contributed by atoms with Gasteiger partial charge in [0.25, 0.3) is 5.91 Å². The molecule has 5 nitrogen and oxygen atoms in total. The first kappa shape index (κ1) is 24.3. The van der Waals surface area contributed by atoms with Crippen LogP contribution in [0.25, 0.3) is 5.69 Å². The largest absolute Gasteiger partial charge is 0.416 e. The number of hydrogen-bond donors (Lipinski definition) is 1. The minimum Gasteiger partial charge on any atom is -0.377 e. The minimum absolute atomic E-state index is 0.00405. The van der Waals surface area contributed by atoms with E-state index in [1.54, 1.807) is 38.1 Å². The molecule has 1 aromatic heterocycles. The molecular weight excluding hydrogens is 463 g/mol. The van der Waals surface area contributed by atoms with E-state index in [0.717, 1.165) is 47.6 Å². The van der Waals surface area contributed by atoms with Crippen molar-refractivity contribution >= 4 is 17.7 Å². The maximum atomic E-state index is 13.9. The summed E-state index contributed by atoms with van der Waals surface area (Å²) in [4.78, 5) is 13.7. The topological polar surface area (TPSA) is 56.2 Å². The molecule has 0 bridgehead atoms. The molecule has 0 saturated carbocycles. The average Bonchev–Trinajstić information content (AvgIpc) is 3.44. The van der Waals surface area contributed by atoms with Gasteiger partial charge >= 0.3 is 6.18 Å². The van der Waals surface area contributed by atoms with Crippen LogP contribution in [0, 0.1) is 13.8 Å². The second-order valence-electron chi connectivity index (χ2n) is 8.30. The Hall–Kier alpha value is -2.78. The summed E-state index contributed by atoms with van der Waals surface area (Å²) < 4.78 is 48.7. The molecule has 34 heavy (non-hydrogen) atoms. The molecule has 1 fully saturated rings. The van der Waals surface area contributed by atoms with Crippen molar-refractivity contribution in [2.24, 2.45) is 0 Å². The molecule has 3 aromatic rings. The summed E-state index contributed by atoms with van der Waals surface area (Å²) in [7, 11) is 0. The van der Waals surface area contributed by atoms with Crippen molar-refractivity contribution in [3.63, 3.8) is 0 Å². The lowest BCUT2D eigenvalue weighted by atomic mass is 10.1. The van der Waals surface area contributed by atoms with E-state index in [9.17, 15) is 18.0 Å².